The van der Waals surface area contributed by atoms with Crippen LogP contribution >= 0.6 is 0 Å². The maximum Gasteiger partial charge on any atom is 0.302 e. The van der Waals surface area contributed by atoms with Crippen molar-refractivity contribution in [1.29, 1.82) is 0 Å². The normalized spacial score (nSPS) is 28.5. The fourth-order valence-electron chi connectivity index (χ4n) is 0.916. The van der Waals surface area contributed by atoms with E-state index in [4.69, 9.17) is 15.2 Å². The first kappa shape index (κ1) is 9.22. The van der Waals surface area contributed by atoms with Crippen LogP contribution in [-0.2, 0) is 14.3 Å². The molecule has 0 aliphatic carbocycles. The zero-order chi connectivity index (χ0) is 8.97. The molecule has 0 spiro atoms. The number of nitrogens with two attached hydrogens (primary N) is 1. The Labute approximate surface area is 71.3 Å². The topological polar surface area (TPSA) is 61.5 Å². The van der Waals surface area contributed by atoms with Gasteiger partial charge < -0.3 is 15.2 Å². The van der Waals surface area contributed by atoms with Crippen LogP contribution in [0, 0.1) is 0 Å². The lowest BCUT2D eigenvalue weighted by atomic mass is 10.2. The van der Waals surface area contributed by atoms with Gasteiger partial charge in [-0.05, 0) is 0 Å². The summed E-state index contributed by atoms with van der Waals surface area (Å²) < 4.78 is 10.0. The van der Waals surface area contributed by atoms with Crippen molar-refractivity contribution in [3.8, 4) is 0 Å². The predicted octanol–water partition coefficient (Wildman–Crippen LogP) is -0.168. The van der Waals surface area contributed by atoms with Gasteiger partial charge in [-0.3, -0.25) is 4.79 Å². The van der Waals surface area contributed by atoms with Gasteiger partial charge in [-0.2, -0.15) is 0 Å². The Morgan fingerprint density at radius 2 is 2.50 bits per heavy atom. The van der Waals surface area contributed by atoms with Crippen LogP contribution < -0.4 is 5.73 Å². The van der Waals surface area contributed by atoms with Gasteiger partial charge in [0.2, 0.25) is 0 Å². The molecule has 0 bridgehead atoms. The van der Waals surface area contributed by atoms with Crippen molar-refractivity contribution >= 4 is 5.97 Å². The maximum atomic E-state index is 10.4. The van der Waals surface area contributed by atoms with Crippen molar-refractivity contribution in [2.24, 2.45) is 5.73 Å². The molecule has 4 heteroatoms. The van der Waals surface area contributed by atoms with Crippen LogP contribution in [-0.4, -0.2) is 31.3 Å². The number of carbonyl (C=O) groups excluding carboxylic acids is 1. The molecular weight excluding hydrogens is 158 g/mol. The minimum Gasteiger partial charge on any atom is -0.463 e. The number of hydrogen-bond donors (Lipinski definition) is 1. The minimum atomic E-state index is -0.290. The predicted molar refractivity (Wildman–Crippen MR) is 43.5 cm³/mol. The van der Waals surface area contributed by atoms with E-state index in [-0.39, 0.29) is 24.7 Å². The molecule has 0 amide bonds. The van der Waals surface area contributed by atoms with E-state index < -0.39 is 0 Å². The van der Waals surface area contributed by atoms with Crippen LogP contribution in [0.15, 0.2) is 12.2 Å². The van der Waals surface area contributed by atoms with Crippen molar-refractivity contribution in [1.82, 2.24) is 0 Å². The Bertz CT molecular complexity index is 191. The van der Waals surface area contributed by atoms with Crippen molar-refractivity contribution in [2.45, 2.75) is 19.1 Å². The molecule has 12 heavy (non-hydrogen) atoms. The molecule has 1 rings (SSSR count). The number of esters is 1. The van der Waals surface area contributed by atoms with E-state index in [0.717, 1.165) is 0 Å². The second-order valence-electron chi connectivity index (χ2n) is 2.72. The maximum absolute atomic E-state index is 10.4. The average molecular weight is 171 g/mol. The van der Waals surface area contributed by atoms with Gasteiger partial charge in [0.1, 0.15) is 12.7 Å². The zero-order valence-electron chi connectivity index (χ0n) is 7.03. The molecule has 1 aliphatic rings. The Balaban J connectivity index is 2.26. The molecule has 0 saturated carbocycles. The molecule has 1 heterocycles. The van der Waals surface area contributed by atoms with Gasteiger partial charge >= 0.3 is 5.97 Å². The van der Waals surface area contributed by atoms with Gasteiger partial charge in [-0.1, -0.05) is 12.2 Å². The number of rotatable bonds is 2. The number of ether oxygens (including phenoxy) is 2. The summed E-state index contributed by atoms with van der Waals surface area (Å²) in [7, 11) is 0. The minimum absolute atomic E-state index is 0.0291. The van der Waals surface area contributed by atoms with Gasteiger partial charge in [0.25, 0.3) is 0 Å². The molecule has 0 unspecified atom stereocenters. The molecule has 0 aromatic carbocycles. The third-order valence-corrected chi connectivity index (χ3v) is 1.53. The highest BCUT2D eigenvalue weighted by Gasteiger charge is 2.13. The molecule has 0 fully saturated rings. The number of carbonyl (C=O) groups is 1. The van der Waals surface area contributed by atoms with Gasteiger partial charge in [-0.15, -0.1) is 0 Å². The average Bonchev–Trinajstić information content (AvgIpc) is 2.03. The highest BCUT2D eigenvalue weighted by Crippen LogP contribution is 2.04. The SMILES string of the molecule is CC(=O)OC[C@H]1C=C[C@H](N)CO1. The Hall–Kier alpha value is -0.870. The standard InChI is InChI=1S/C8H13NO3/c1-6(10)11-5-8-3-2-7(9)4-12-8/h2-3,7-8H,4-5,9H2,1H3/t7-,8+/m0/s1. The molecule has 2 N–H and O–H groups in total. The summed E-state index contributed by atoms with van der Waals surface area (Å²) in [6.07, 6.45) is 3.54. The van der Waals surface area contributed by atoms with E-state index in [9.17, 15) is 4.79 Å². The third-order valence-electron chi connectivity index (χ3n) is 1.53. The summed E-state index contributed by atoms with van der Waals surface area (Å²) >= 11 is 0. The monoisotopic (exact) mass is 171 g/mol. The van der Waals surface area contributed by atoms with Gasteiger partial charge in [0, 0.05) is 13.0 Å². The molecule has 0 saturated heterocycles. The van der Waals surface area contributed by atoms with Gasteiger partial charge in [-0.25, -0.2) is 0 Å². The quantitative estimate of drug-likeness (QED) is 0.463. The molecule has 1 aliphatic heterocycles. The van der Waals surface area contributed by atoms with Crippen molar-refractivity contribution in [2.75, 3.05) is 13.2 Å². The first-order valence-electron chi connectivity index (χ1n) is 3.87. The molecule has 0 radical (unpaired) electrons. The van der Waals surface area contributed by atoms with E-state index >= 15 is 0 Å². The lowest BCUT2D eigenvalue weighted by Gasteiger charge is -2.20. The third kappa shape index (κ3) is 3.02. The Morgan fingerprint density at radius 3 is 3.00 bits per heavy atom. The van der Waals surface area contributed by atoms with Crippen LogP contribution in [0.1, 0.15) is 6.92 Å². The van der Waals surface area contributed by atoms with Crippen molar-refractivity contribution in [3.05, 3.63) is 12.2 Å². The smallest absolute Gasteiger partial charge is 0.302 e. The first-order chi connectivity index (χ1) is 5.68. The summed E-state index contributed by atoms with van der Waals surface area (Å²) in [5.74, 6) is -0.290. The molecule has 4 nitrogen and oxygen atoms in total. The largest absolute Gasteiger partial charge is 0.463 e. The van der Waals surface area contributed by atoms with E-state index in [1.807, 2.05) is 12.2 Å². The van der Waals surface area contributed by atoms with Crippen molar-refractivity contribution in [3.63, 3.8) is 0 Å². The summed E-state index contributed by atoms with van der Waals surface area (Å²) in [6.45, 7) is 2.14. The van der Waals surface area contributed by atoms with E-state index in [0.29, 0.717) is 6.61 Å². The zero-order valence-corrected chi connectivity index (χ0v) is 7.03. The highest BCUT2D eigenvalue weighted by atomic mass is 16.6. The second kappa shape index (κ2) is 4.23. The summed E-state index contributed by atoms with van der Waals surface area (Å²) in [5, 5.41) is 0. The van der Waals surface area contributed by atoms with Crippen molar-refractivity contribution < 1.29 is 14.3 Å². The fraction of sp³-hybridized carbons (Fsp3) is 0.625. The molecule has 0 aromatic heterocycles. The first-order valence-corrected chi connectivity index (χ1v) is 3.87. The molecular formula is C8H13NO3. The summed E-state index contributed by atoms with van der Waals surface area (Å²) in [4.78, 5) is 10.4. The molecule has 0 aromatic rings. The summed E-state index contributed by atoms with van der Waals surface area (Å²) in [5.41, 5.74) is 5.53. The fourth-order valence-corrected chi connectivity index (χ4v) is 0.916. The Morgan fingerprint density at radius 1 is 1.75 bits per heavy atom. The van der Waals surface area contributed by atoms with Gasteiger partial charge in [0.05, 0.1) is 6.61 Å². The second-order valence-corrected chi connectivity index (χ2v) is 2.72. The number of hydrogen-bond acceptors (Lipinski definition) is 4. The lowest BCUT2D eigenvalue weighted by Crippen LogP contribution is -2.33. The lowest BCUT2D eigenvalue weighted by molar-refractivity contribution is -0.144. The van der Waals surface area contributed by atoms with E-state index in [2.05, 4.69) is 0 Å². The van der Waals surface area contributed by atoms with Crippen LogP contribution in [0.3, 0.4) is 0 Å². The Kier molecular flexibility index (Phi) is 3.25. The van der Waals surface area contributed by atoms with Gasteiger partial charge in [0.15, 0.2) is 0 Å². The molecule has 2 atom stereocenters. The highest BCUT2D eigenvalue weighted by molar-refractivity contribution is 5.65. The van der Waals surface area contributed by atoms with E-state index in [1.165, 1.54) is 6.92 Å². The van der Waals surface area contributed by atoms with E-state index in [1.54, 1.807) is 0 Å². The van der Waals surface area contributed by atoms with Crippen LogP contribution in [0.4, 0.5) is 0 Å². The van der Waals surface area contributed by atoms with Crippen LogP contribution in [0.5, 0.6) is 0 Å². The van der Waals surface area contributed by atoms with Crippen LogP contribution in [0.25, 0.3) is 0 Å². The summed E-state index contributed by atoms with van der Waals surface area (Å²) in [6, 6.07) is -0.0291. The van der Waals surface area contributed by atoms with Crippen LogP contribution in [0.2, 0.25) is 0 Å². The molecule has 68 valence electrons.